The van der Waals surface area contributed by atoms with Crippen molar-refractivity contribution in [3.63, 3.8) is 0 Å². The Morgan fingerprint density at radius 1 is 1.33 bits per heavy atom. The third-order valence-corrected chi connectivity index (χ3v) is 5.23. The van der Waals surface area contributed by atoms with Crippen LogP contribution in [0.2, 0.25) is 0 Å². The molecule has 2 aliphatic rings. The quantitative estimate of drug-likeness (QED) is 0.889. The van der Waals surface area contributed by atoms with Gasteiger partial charge in [0.15, 0.2) is 0 Å². The molecule has 1 aliphatic carbocycles. The van der Waals surface area contributed by atoms with E-state index in [1.165, 1.54) is 17.7 Å². The number of fused-ring (bicyclic) bond motifs is 1. The van der Waals surface area contributed by atoms with Gasteiger partial charge in [0.25, 0.3) is 0 Å². The van der Waals surface area contributed by atoms with Crippen LogP contribution in [-0.4, -0.2) is 33.7 Å². The van der Waals surface area contributed by atoms with Crippen molar-refractivity contribution < 1.29 is 9.21 Å². The van der Waals surface area contributed by atoms with E-state index in [2.05, 4.69) is 15.5 Å². The topological polar surface area (TPSA) is 74.2 Å². The Balaban J connectivity index is 1.45. The van der Waals surface area contributed by atoms with Crippen LogP contribution in [-0.2, 0) is 12.8 Å². The summed E-state index contributed by atoms with van der Waals surface area (Å²) in [6.07, 6.45) is 10.7. The van der Waals surface area contributed by atoms with Crippen molar-refractivity contribution in [3.05, 3.63) is 41.6 Å². The van der Waals surface area contributed by atoms with Gasteiger partial charge in [-0.15, -0.1) is 0 Å². The number of nitrogens with zero attached hydrogens (tertiary/aromatic N) is 2. The third kappa shape index (κ3) is 3.05. The van der Waals surface area contributed by atoms with E-state index < -0.39 is 0 Å². The molecule has 1 aliphatic heterocycles. The van der Waals surface area contributed by atoms with Gasteiger partial charge in [-0.2, -0.15) is 5.10 Å². The number of amides is 2. The highest BCUT2D eigenvalue weighted by molar-refractivity contribution is 5.75. The number of rotatable bonds is 2. The SMILES string of the molecule is O=C(N[C@H]1CCc2[nH]ncc2C1)N1CCCCC[C@@H]1c1ccco1. The molecule has 24 heavy (non-hydrogen) atoms. The summed E-state index contributed by atoms with van der Waals surface area (Å²) >= 11 is 0. The zero-order valence-electron chi connectivity index (χ0n) is 13.8. The van der Waals surface area contributed by atoms with Crippen molar-refractivity contribution >= 4 is 6.03 Å². The van der Waals surface area contributed by atoms with Gasteiger partial charge in [-0.1, -0.05) is 12.8 Å². The first kappa shape index (κ1) is 15.3. The minimum atomic E-state index is 0.0373. The molecule has 0 aromatic carbocycles. The van der Waals surface area contributed by atoms with Crippen molar-refractivity contribution in [1.29, 1.82) is 0 Å². The summed E-state index contributed by atoms with van der Waals surface area (Å²) in [7, 11) is 0. The minimum absolute atomic E-state index is 0.0373. The standard InChI is InChI=1S/C18H24N4O2/c23-18(20-14-7-8-15-13(11-14)12-19-21-15)22-9-3-1-2-5-16(22)17-6-4-10-24-17/h4,6,10,12,14,16H,1-3,5,7-9,11H2,(H,19,21)(H,20,23)/t14-,16+/m0/s1. The zero-order chi connectivity index (χ0) is 16.4. The van der Waals surface area contributed by atoms with Crippen LogP contribution in [0.15, 0.2) is 29.0 Å². The highest BCUT2D eigenvalue weighted by Gasteiger charge is 2.30. The Morgan fingerprint density at radius 3 is 3.17 bits per heavy atom. The zero-order valence-corrected chi connectivity index (χ0v) is 13.8. The first-order valence-electron chi connectivity index (χ1n) is 8.93. The maximum atomic E-state index is 12.9. The lowest BCUT2D eigenvalue weighted by Crippen LogP contribution is -2.47. The fourth-order valence-electron chi connectivity index (χ4n) is 3.93. The van der Waals surface area contributed by atoms with E-state index >= 15 is 0 Å². The van der Waals surface area contributed by atoms with Crippen LogP contribution in [0, 0.1) is 0 Å². The number of hydrogen-bond donors (Lipinski definition) is 2. The van der Waals surface area contributed by atoms with Gasteiger partial charge < -0.3 is 14.6 Å². The number of carbonyl (C=O) groups excluding carboxylic acids is 1. The Morgan fingerprint density at radius 2 is 2.29 bits per heavy atom. The number of H-pyrrole nitrogens is 1. The number of likely N-dealkylation sites (tertiary alicyclic amines) is 1. The van der Waals surface area contributed by atoms with Crippen molar-refractivity contribution in [1.82, 2.24) is 20.4 Å². The molecule has 4 rings (SSSR count). The number of aromatic amines is 1. The number of urea groups is 1. The van der Waals surface area contributed by atoms with E-state index in [0.717, 1.165) is 50.8 Å². The molecule has 2 aromatic rings. The summed E-state index contributed by atoms with van der Waals surface area (Å²) in [4.78, 5) is 14.9. The van der Waals surface area contributed by atoms with Crippen LogP contribution in [0.4, 0.5) is 4.79 Å². The number of aromatic nitrogens is 2. The second kappa shape index (κ2) is 6.71. The number of carbonyl (C=O) groups is 1. The molecule has 0 saturated carbocycles. The molecule has 0 radical (unpaired) electrons. The van der Waals surface area contributed by atoms with Crippen LogP contribution in [0.3, 0.4) is 0 Å². The van der Waals surface area contributed by atoms with Crippen molar-refractivity contribution in [2.75, 3.05) is 6.54 Å². The average Bonchev–Trinajstić information content (AvgIpc) is 3.21. The Labute approximate surface area is 141 Å². The van der Waals surface area contributed by atoms with Gasteiger partial charge in [-0.3, -0.25) is 5.10 Å². The van der Waals surface area contributed by atoms with E-state index in [-0.39, 0.29) is 18.1 Å². The van der Waals surface area contributed by atoms with Crippen LogP contribution in [0.25, 0.3) is 0 Å². The molecule has 128 valence electrons. The van der Waals surface area contributed by atoms with Crippen molar-refractivity contribution in [2.24, 2.45) is 0 Å². The van der Waals surface area contributed by atoms with Gasteiger partial charge in [0.1, 0.15) is 5.76 Å². The minimum Gasteiger partial charge on any atom is -0.467 e. The first-order valence-corrected chi connectivity index (χ1v) is 8.93. The van der Waals surface area contributed by atoms with E-state index in [1.54, 1.807) is 6.26 Å². The van der Waals surface area contributed by atoms with E-state index in [1.807, 2.05) is 23.2 Å². The lowest BCUT2D eigenvalue weighted by atomic mass is 9.94. The summed E-state index contributed by atoms with van der Waals surface area (Å²) in [6, 6.07) is 4.15. The normalized spacial score (nSPS) is 24.2. The Bertz CT molecular complexity index is 679. The fraction of sp³-hybridized carbons (Fsp3) is 0.556. The molecule has 6 nitrogen and oxygen atoms in total. The van der Waals surface area contributed by atoms with Gasteiger partial charge >= 0.3 is 6.03 Å². The Hall–Kier alpha value is -2.24. The maximum absolute atomic E-state index is 12.9. The van der Waals surface area contributed by atoms with Crippen LogP contribution < -0.4 is 5.32 Å². The highest BCUT2D eigenvalue weighted by Crippen LogP contribution is 2.30. The van der Waals surface area contributed by atoms with Gasteiger partial charge in [0, 0.05) is 18.3 Å². The number of hydrogen-bond acceptors (Lipinski definition) is 3. The molecule has 0 spiro atoms. The molecule has 3 heterocycles. The van der Waals surface area contributed by atoms with Crippen LogP contribution in [0.1, 0.15) is 55.2 Å². The van der Waals surface area contributed by atoms with E-state index in [9.17, 15) is 4.79 Å². The molecule has 0 bridgehead atoms. The lowest BCUT2D eigenvalue weighted by Gasteiger charge is -2.32. The van der Waals surface area contributed by atoms with Gasteiger partial charge in [0.05, 0.1) is 18.5 Å². The summed E-state index contributed by atoms with van der Waals surface area (Å²) in [5.74, 6) is 0.896. The molecule has 6 heteroatoms. The monoisotopic (exact) mass is 328 g/mol. The molecular formula is C18H24N4O2. The smallest absolute Gasteiger partial charge is 0.318 e. The van der Waals surface area contributed by atoms with Gasteiger partial charge in [-0.05, 0) is 49.8 Å². The predicted molar refractivity (Wildman–Crippen MR) is 89.6 cm³/mol. The lowest BCUT2D eigenvalue weighted by molar-refractivity contribution is 0.162. The molecule has 0 unspecified atom stereocenters. The molecule has 2 aromatic heterocycles. The second-order valence-electron chi connectivity index (χ2n) is 6.84. The van der Waals surface area contributed by atoms with E-state index in [4.69, 9.17) is 4.42 Å². The van der Waals surface area contributed by atoms with Crippen molar-refractivity contribution in [3.8, 4) is 0 Å². The molecule has 2 N–H and O–H groups in total. The van der Waals surface area contributed by atoms with Crippen LogP contribution >= 0.6 is 0 Å². The molecule has 2 atom stereocenters. The number of furan rings is 1. The highest BCUT2D eigenvalue weighted by atomic mass is 16.3. The molecule has 1 saturated heterocycles. The summed E-state index contributed by atoms with van der Waals surface area (Å²) in [6.45, 7) is 0.793. The molecular weight excluding hydrogens is 304 g/mol. The number of aryl methyl sites for hydroxylation is 1. The average molecular weight is 328 g/mol. The summed E-state index contributed by atoms with van der Waals surface area (Å²) in [5, 5.41) is 10.4. The maximum Gasteiger partial charge on any atom is 0.318 e. The summed E-state index contributed by atoms with van der Waals surface area (Å²) in [5.41, 5.74) is 2.44. The first-order chi connectivity index (χ1) is 11.8. The van der Waals surface area contributed by atoms with Gasteiger partial charge in [0.2, 0.25) is 0 Å². The molecule has 1 fully saturated rings. The summed E-state index contributed by atoms with van der Waals surface area (Å²) < 4.78 is 5.60. The predicted octanol–water partition coefficient (Wildman–Crippen LogP) is 3.19. The van der Waals surface area contributed by atoms with Crippen molar-refractivity contribution in [2.45, 2.75) is 57.0 Å². The largest absolute Gasteiger partial charge is 0.467 e. The second-order valence-corrected chi connectivity index (χ2v) is 6.84. The third-order valence-electron chi connectivity index (χ3n) is 5.23. The molecule has 2 amide bonds. The Kier molecular flexibility index (Phi) is 4.28. The fourth-order valence-corrected chi connectivity index (χ4v) is 3.93. The van der Waals surface area contributed by atoms with Crippen LogP contribution in [0.5, 0.6) is 0 Å². The van der Waals surface area contributed by atoms with Gasteiger partial charge in [-0.25, -0.2) is 4.79 Å². The number of nitrogens with one attached hydrogen (secondary N) is 2. The van der Waals surface area contributed by atoms with E-state index in [0.29, 0.717) is 0 Å².